The molecule has 0 aliphatic carbocycles. The lowest BCUT2D eigenvalue weighted by molar-refractivity contribution is -0.176. The van der Waals surface area contributed by atoms with Crippen molar-refractivity contribution in [1.29, 1.82) is 0 Å². The third-order valence-corrected chi connectivity index (χ3v) is 4.04. The van der Waals surface area contributed by atoms with Gasteiger partial charge < -0.3 is 20.1 Å². The minimum Gasteiger partial charge on any atom is -0.377 e. The van der Waals surface area contributed by atoms with E-state index in [0.717, 1.165) is 31.6 Å². The minimum absolute atomic E-state index is 0. The Kier molecular flexibility index (Phi) is 11.5. The van der Waals surface area contributed by atoms with Gasteiger partial charge in [-0.05, 0) is 24.0 Å². The van der Waals surface area contributed by atoms with E-state index in [1.807, 2.05) is 12.1 Å². The molecule has 0 saturated heterocycles. The Morgan fingerprint density at radius 3 is 2.50 bits per heavy atom. The molecule has 2 N–H and O–H groups in total. The van der Waals surface area contributed by atoms with Crippen LogP contribution in [-0.4, -0.2) is 45.5 Å². The number of aliphatic imine (C=N–C) groups is 1. The van der Waals surface area contributed by atoms with Crippen LogP contribution in [0.25, 0.3) is 0 Å². The predicted octanol–water partition coefficient (Wildman–Crippen LogP) is 3.79. The van der Waals surface area contributed by atoms with Gasteiger partial charge in [0.05, 0.1) is 19.8 Å². The molecule has 9 heteroatoms. The van der Waals surface area contributed by atoms with E-state index >= 15 is 0 Å². The number of halogens is 4. The SMILES string of the molecule is CN=C(NCCC1=CCOCC1)NCc1ccc(COCC(F)(F)F)cc1.I. The maximum Gasteiger partial charge on any atom is 0.411 e. The Balaban J connectivity index is 0.00000392. The predicted molar refractivity (Wildman–Crippen MR) is 114 cm³/mol. The fraction of sp³-hybridized carbons (Fsp3) is 0.526. The van der Waals surface area contributed by atoms with Gasteiger partial charge >= 0.3 is 6.18 Å². The summed E-state index contributed by atoms with van der Waals surface area (Å²) in [4.78, 5) is 4.19. The zero-order valence-corrected chi connectivity index (χ0v) is 18.2. The van der Waals surface area contributed by atoms with Crippen molar-refractivity contribution in [2.45, 2.75) is 32.2 Å². The van der Waals surface area contributed by atoms with E-state index in [4.69, 9.17) is 4.74 Å². The van der Waals surface area contributed by atoms with Gasteiger partial charge in [0.1, 0.15) is 6.61 Å². The molecule has 1 aliphatic rings. The van der Waals surface area contributed by atoms with Crippen LogP contribution < -0.4 is 10.6 Å². The van der Waals surface area contributed by atoms with Crippen molar-refractivity contribution in [3.63, 3.8) is 0 Å². The molecule has 5 nitrogen and oxygen atoms in total. The summed E-state index contributed by atoms with van der Waals surface area (Å²) in [5.41, 5.74) is 3.10. The zero-order valence-electron chi connectivity index (χ0n) is 15.8. The number of nitrogens with zero attached hydrogens (tertiary/aromatic N) is 1. The first-order chi connectivity index (χ1) is 13.0. The maximum atomic E-state index is 12.1. The molecule has 28 heavy (non-hydrogen) atoms. The fourth-order valence-corrected chi connectivity index (χ4v) is 2.58. The third kappa shape index (κ3) is 10.3. The number of nitrogens with one attached hydrogen (secondary N) is 2. The number of ether oxygens (including phenoxy) is 2. The van der Waals surface area contributed by atoms with Crippen LogP contribution in [0, 0.1) is 0 Å². The minimum atomic E-state index is -4.30. The molecule has 0 aromatic heterocycles. The fourth-order valence-electron chi connectivity index (χ4n) is 2.58. The van der Waals surface area contributed by atoms with Crippen LogP contribution in [0.15, 0.2) is 40.9 Å². The smallest absolute Gasteiger partial charge is 0.377 e. The molecule has 0 radical (unpaired) electrons. The third-order valence-electron chi connectivity index (χ3n) is 4.04. The van der Waals surface area contributed by atoms with Crippen LogP contribution in [0.1, 0.15) is 24.0 Å². The van der Waals surface area contributed by atoms with Crippen molar-refractivity contribution in [2.75, 3.05) is 33.4 Å². The molecule has 2 rings (SSSR count). The summed E-state index contributed by atoms with van der Waals surface area (Å²) in [5.74, 6) is 0.709. The zero-order chi connectivity index (χ0) is 19.5. The molecule has 1 aromatic rings. The largest absolute Gasteiger partial charge is 0.411 e. The second-order valence-electron chi connectivity index (χ2n) is 6.21. The molecule has 0 saturated carbocycles. The van der Waals surface area contributed by atoms with Crippen LogP contribution >= 0.6 is 24.0 Å². The monoisotopic (exact) mass is 513 g/mol. The molecular weight excluding hydrogens is 486 g/mol. The standard InChI is InChI=1S/C19H26F3N3O2.HI/c1-23-18(24-9-6-15-7-10-26-11-8-15)25-12-16-2-4-17(5-3-16)13-27-14-19(20,21)22;/h2-5,7H,6,8-14H2,1H3,(H2,23,24,25);1H. The van der Waals surface area contributed by atoms with Gasteiger partial charge in [-0.25, -0.2) is 0 Å². The summed E-state index contributed by atoms with van der Waals surface area (Å²) < 4.78 is 46.1. The topological polar surface area (TPSA) is 54.9 Å². The molecule has 1 aliphatic heterocycles. The molecule has 158 valence electrons. The van der Waals surface area contributed by atoms with E-state index in [-0.39, 0.29) is 30.6 Å². The van der Waals surface area contributed by atoms with Gasteiger partial charge in [-0.15, -0.1) is 24.0 Å². The van der Waals surface area contributed by atoms with Crippen LogP contribution in [0.2, 0.25) is 0 Å². The molecule has 1 aromatic carbocycles. The highest BCUT2D eigenvalue weighted by Crippen LogP contribution is 2.16. The van der Waals surface area contributed by atoms with E-state index in [0.29, 0.717) is 24.7 Å². The number of hydrogen-bond acceptors (Lipinski definition) is 3. The number of alkyl halides is 3. The number of rotatable bonds is 8. The molecule has 0 fully saturated rings. The van der Waals surface area contributed by atoms with E-state index in [2.05, 4.69) is 26.4 Å². The van der Waals surface area contributed by atoms with Gasteiger partial charge in [-0.1, -0.05) is 35.9 Å². The number of guanidine groups is 1. The summed E-state index contributed by atoms with van der Waals surface area (Å²) in [6.45, 7) is 1.55. The van der Waals surface area contributed by atoms with Gasteiger partial charge in [0.25, 0.3) is 0 Å². The average Bonchev–Trinajstić information content (AvgIpc) is 2.65. The number of hydrogen-bond donors (Lipinski definition) is 2. The second kappa shape index (κ2) is 13.0. The summed E-state index contributed by atoms with van der Waals surface area (Å²) in [6, 6.07) is 7.25. The normalized spacial score (nSPS) is 14.9. The quantitative estimate of drug-likeness (QED) is 0.241. The molecule has 0 spiro atoms. The molecule has 0 atom stereocenters. The van der Waals surface area contributed by atoms with Gasteiger partial charge in [0, 0.05) is 20.1 Å². The summed E-state index contributed by atoms with van der Waals surface area (Å²) >= 11 is 0. The van der Waals surface area contributed by atoms with Crippen molar-refractivity contribution in [3.05, 3.63) is 47.0 Å². The first-order valence-corrected chi connectivity index (χ1v) is 8.89. The van der Waals surface area contributed by atoms with Crippen LogP contribution in [0.5, 0.6) is 0 Å². The van der Waals surface area contributed by atoms with Crippen molar-refractivity contribution < 1.29 is 22.6 Å². The van der Waals surface area contributed by atoms with E-state index in [9.17, 15) is 13.2 Å². The molecule has 0 unspecified atom stereocenters. The highest BCUT2D eigenvalue weighted by Gasteiger charge is 2.27. The van der Waals surface area contributed by atoms with E-state index < -0.39 is 12.8 Å². The first kappa shape index (κ1) is 24.7. The average molecular weight is 513 g/mol. The molecule has 0 bridgehead atoms. The highest BCUT2D eigenvalue weighted by molar-refractivity contribution is 14.0. The van der Waals surface area contributed by atoms with Crippen molar-refractivity contribution in [3.8, 4) is 0 Å². The van der Waals surface area contributed by atoms with Crippen molar-refractivity contribution in [2.24, 2.45) is 4.99 Å². The second-order valence-corrected chi connectivity index (χ2v) is 6.21. The van der Waals surface area contributed by atoms with Gasteiger partial charge in [0.15, 0.2) is 5.96 Å². The summed E-state index contributed by atoms with van der Waals surface area (Å²) in [6.07, 6.45) is -0.237. The van der Waals surface area contributed by atoms with Crippen molar-refractivity contribution in [1.82, 2.24) is 10.6 Å². The Hall–Kier alpha value is -1.33. The van der Waals surface area contributed by atoms with Crippen LogP contribution in [0.3, 0.4) is 0 Å². The molecule has 1 heterocycles. The maximum absolute atomic E-state index is 12.1. The van der Waals surface area contributed by atoms with Gasteiger partial charge in [-0.2, -0.15) is 13.2 Å². The number of benzene rings is 1. The summed E-state index contributed by atoms with van der Waals surface area (Å²) in [7, 11) is 1.71. The Morgan fingerprint density at radius 2 is 1.89 bits per heavy atom. The van der Waals surface area contributed by atoms with E-state index in [1.54, 1.807) is 19.2 Å². The van der Waals surface area contributed by atoms with Crippen molar-refractivity contribution >= 4 is 29.9 Å². The van der Waals surface area contributed by atoms with Crippen LogP contribution in [-0.2, 0) is 22.6 Å². The highest BCUT2D eigenvalue weighted by atomic mass is 127. The Labute approximate surface area is 180 Å². The molecular formula is C19H27F3IN3O2. The van der Waals surface area contributed by atoms with E-state index in [1.165, 1.54) is 5.57 Å². The molecule has 0 amide bonds. The van der Waals surface area contributed by atoms with Gasteiger partial charge in [0.2, 0.25) is 0 Å². The van der Waals surface area contributed by atoms with Gasteiger partial charge in [-0.3, -0.25) is 4.99 Å². The Morgan fingerprint density at radius 1 is 1.18 bits per heavy atom. The Bertz CT molecular complexity index is 634. The first-order valence-electron chi connectivity index (χ1n) is 8.89. The summed E-state index contributed by atoms with van der Waals surface area (Å²) in [5, 5.41) is 6.49. The lowest BCUT2D eigenvalue weighted by Gasteiger charge is -2.15. The lowest BCUT2D eigenvalue weighted by Crippen LogP contribution is -2.37. The lowest BCUT2D eigenvalue weighted by atomic mass is 10.1. The van der Waals surface area contributed by atoms with Crippen LogP contribution in [0.4, 0.5) is 13.2 Å².